The fourth-order valence-electron chi connectivity index (χ4n) is 1.87. The topological polar surface area (TPSA) is 73.8 Å². The zero-order valence-corrected chi connectivity index (χ0v) is 12.9. The van der Waals surface area contributed by atoms with E-state index in [2.05, 4.69) is 9.72 Å². The Morgan fingerprint density at radius 1 is 1.45 bits per heavy atom. The van der Waals surface area contributed by atoms with Crippen LogP contribution in [-0.2, 0) is 4.74 Å². The van der Waals surface area contributed by atoms with E-state index < -0.39 is 5.97 Å². The van der Waals surface area contributed by atoms with Gasteiger partial charge in [0.25, 0.3) is 0 Å². The molecule has 0 unspecified atom stereocenters. The molecule has 0 saturated heterocycles. The van der Waals surface area contributed by atoms with E-state index in [-0.39, 0.29) is 22.4 Å². The molecule has 112 valence electrons. The highest BCUT2D eigenvalue weighted by atomic mass is 35.5. The quantitative estimate of drug-likeness (QED) is 0.415. The lowest BCUT2D eigenvalue weighted by Crippen LogP contribution is -1.99. The van der Waals surface area contributed by atoms with Crippen molar-refractivity contribution in [1.82, 2.24) is 9.38 Å². The highest BCUT2D eigenvalue weighted by Gasteiger charge is 2.17. The zero-order valence-electron chi connectivity index (χ0n) is 11.3. The molecule has 0 N–H and O–H groups in total. The fourth-order valence-corrected chi connectivity index (χ4v) is 2.90. The maximum Gasteiger partial charge on any atom is 0.373 e. The number of aromatic nitrogens is 2. The molecule has 22 heavy (non-hydrogen) atoms. The highest BCUT2D eigenvalue weighted by molar-refractivity contribution is 7.15. The van der Waals surface area contributed by atoms with E-state index in [0.29, 0.717) is 10.7 Å². The van der Waals surface area contributed by atoms with Gasteiger partial charge in [0, 0.05) is 11.6 Å². The van der Waals surface area contributed by atoms with E-state index in [1.54, 1.807) is 16.7 Å². The maximum atomic E-state index is 12.2. The first kappa shape index (κ1) is 14.6. The van der Waals surface area contributed by atoms with Crippen LogP contribution in [-0.4, -0.2) is 28.2 Å². The maximum absolute atomic E-state index is 12.2. The largest absolute Gasteiger partial charge is 0.463 e. The number of imidazole rings is 1. The van der Waals surface area contributed by atoms with Crippen molar-refractivity contribution in [2.24, 2.45) is 0 Å². The molecule has 3 aromatic heterocycles. The zero-order chi connectivity index (χ0) is 15.7. The van der Waals surface area contributed by atoms with Gasteiger partial charge >= 0.3 is 5.97 Å². The van der Waals surface area contributed by atoms with Crippen molar-refractivity contribution in [1.29, 1.82) is 0 Å². The summed E-state index contributed by atoms with van der Waals surface area (Å²) in [6.45, 7) is 0. The van der Waals surface area contributed by atoms with Gasteiger partial charge in [0.2, 0.25) is 11.5 Å². The van der Waals surface area contributed by atoms with Gasteiger partial charge in [0.05, 0.1) is 7.11 Å². The second kappa shape index (κ2) is 5.78. The molecule has 0 aromatic carbocycles. The summed E-state index contributed by atoms with van der Waals surface area (Å²) >= 11 is 7.37. The standard InChI is InChI=1S/C14H9ClN2O4S/c1-20-13(19)10-5-3-8(21-10)2-4-9(18)11-12(15)16-14-17(11)6-7-22-14/h2-7H,1H3. The molecule has 0 aliphatic carbocycles. The smallest absolute Gasteiger partial charge is 0.373 e. The molecule has 0 bridgehead atoms. The average Bonchev–Trinajstić information content (AvgIpc) is 3.19. The third-order valence-corrected chi connectivity index (χ3v) is 3.89. The van der Waals surface area contributed by atoms with E-state index in [4.69, 9.17) is 16.0 Å². The van der Waals surface area contributed by atoms with Crippen LogP contribution in [0.2, 0.25) is 5.15 Å². The molecule has 0 amide bonds. The van der Waals surface area contributed by atoms with Crippen LogP contribution in [0.4, 0.5) is 0 Å². The number of halogens is 1. The Balaban J connectivity index is 1.84. The van der Waals surface area contributed by atoms with Crippen LogP contribution in [0.1, 0.15) is 26.8 Å². The van der Waals surface area contributed by atoms with Crippen LogP contribution in [0.25, 0.3) is 11.0 Å². The number of nitrogens with zero attached hydrogens (tertiary/aromatic N) is 2. The second-order valence-electron chi connectivity index (χ2n) is 4.20. The minimum Gasteiger partial charge on any atom is -0.463 e. The number of furan rings is 1. The van der Waals surface area contributed by atoms with E-state index in [9.17, 15) is 9.59 Å². The summed E-state index contributed by atoms with van der Waals surface area (Å²) in [7, 11) is 1.26. The van der Waals surface area contributed by atoms with Gasteiger partial charge in [0.15, 0.2) is 10.1 Å². The first-order chi connectivity index (χ1) is 10.6. The molecule has 0 spiro atoms. The van der Waals surface area contributed by atoms with Crippen LogP contribution in [0.15, 0.2) is 34.2 Å². The number of hydrogen-bond donors (Lipinski definition) is 0. The van der Waals surface area contributed by atoms with E-state index in [1.165, 1.54) is 36.7 Å². The SMILES string of the molecule is COC(=O)c1ccc(C=CC(=O)c2c(Cl)nc3sccn23)o1. The minimum atomic E-state index is -0.579. The van der Waals surface area contributed by atoms with Crippen LogP contribution >= 0.6 is 22.9 Å². The lowest BCUT2D eigenvalue weighted by molar-refractivity contribution is 0.0564. The van der Waals surface area contributed by atoms with Gasteiger partial charge in [-0.25, -0.2) is 9.78 Å². The molecule has 6 nitrogen and oxygen atoms in total. The third-order valence-electron chi connectivity index (χ3n) is 2.87. The van der Waals surface area contributed by atoms with E-state index in [1.807, 2.05) is 5.38 Å². The minimum absolute atomic E-state index is 0.0669. The van der Waals surface area contributed by atoms with Crippen molar-refractivity contribution in [3.8, 4) is 0 Å². The average molecular weight is 337 g/mol. The number of ketones is 1. The first-order valence-electron chi connectivity index (χ1n) is 6.12. The number of thiazole rings is 1. The van der Waals surface area contributed by atoms with Gasteiger partial charge < -0.3 is 9.15 Å². The van der Waals surface area contributed by atoms with Crippen LogP contribution in [0.3, 0.4) is 0 Å². The Morgan fingerprint density at radius 3 is 3.05 bits per heavy atom. The molecule has 0 atom stereocenters. The summed E-state index contributed by atoms with van der Waals surface area (Å²) in [5.74, 6) is -0.468. The fraction of sp³-hybridized carbons (Fsp3) is 0.0714. The number of hydrogen-bond acceptors (Lipinski definition) is 6. The number of carbonyl (C=O) groups is 2. The number of methoxy groups -OCH3 is 1. The van der Waals surface area contributed by atoms with Gasteiger partial charge in [-0.2, -0.15) is 0 Å². The predicted molar refractivity (Wildman–Crippen MR) is 81.5 cm³/mol. The van der Waals surface area contributed by atoms with Crippen molar-refractivity contribution in [2.75, 3.05) is 7.11 Å². The van der Waals surface area contributed by atoms with E-state index in [0.717, 1.165) is 0 Å². The molecular weight excluding hydrogens is 328 g/mol. The number of esters is 1. The summed E-state index contributed by atoms with van der Waals surface area (Å²) in [6.07, 6.45) is 4.49. The predicted octanol–water partition coefficient (Wildman–Crippen LogP) is 3.32. The Labute approximate surface area is 133 Å². The van der Waals surface area contributed by atoms with Crippen LogP contribution in [0.5, 0.6) is 0 Å². The summed E-state index contributed by atoms with van der Waals surface area (Å²) < 4.78 is 11.4. The number of fused-ring (bicyclic) bond motifs is 1. The van der Waals surface area contributed by atoms with Crippen molar-refractivity contribution in [2.45, 2.75) is 0 Å². The molecule has 3 heterocycles. The van der Waals surface area contributed by atoms with Crippen molar-refractivity contribution in [3.63, 3.8) is 0 Å². The van der Waals surface area contributed by atoms with E-state index >= 15 is 0 Å². The molecule has 3 aromatic rings. The van der Waals surface area contributed by atoms with Gasteiger partial charge in [0.1, 0.15) is 11.5 Å². The molecular formula is C14H9ClN2O4S. The third kappa shape index (κ3) is 2.56. The molecule has 0 fully saturated rings. The monoisotopic (exact) mass is 336 g/mol. The number of carbonyl (C=O) groups excluding carboxylic acids is 2. The Morgan fingerprint density at radius 2 is 2.27 bits per heavy atom. The molecule has 0 aliphatic heterocycles. The van der Waals surface area contributed by atoms with Gasteiger partial charge in [-0.05, 0) is 24.3 Å². The van der Waals surface area contributed by atoms with Gasteiger partial charge in [-0.1, -0.05) is 11.6 Å². The first-order valence-corrected chi connectivity index (χ1v) is 7.37. The van der Waals surface area contributed by atoms with Crippen LogP contribution in [0, 0.1) is 0 Å². The van der Waals surface area contributed by atoms with Gasteiger partial charge in [-0.3, -0.25) is 9.20 Å². The molecule has 8 heteroatoms. The number of rotatable bonds is 4. The lowest BCUT2D eigenvalue weighted by Gasteiger charge is -1.94. The Bertz CT molecular complexity index is 890. The normalized spacial score (nSPS) is 11.4. The van der Waals surface area contributed by atoms with Gasteiger partial charge in [-0.15, -0.1) is 11.3 Å². The Kier molecular flexibility index (Phi) is 3.82. The summed E-state index contributed by atoms with van der Waals surface area (Å²) in [4.78, 5) is 28.3. The highest BCUT2D eigenvalue weighted by Crippen LogP contribution is 2.22. The number of allylic oxidation sites excluding steroid dienone is 1. The molecule has 0 saturated carbocycles. The summed E-state index contributed by atoms with van der Waals surface area (Å²) in [5.41, 5.74) is 0.286. The molecule has 3 rings (SSSR count). The van der Waals surface area contributed by atoms with Crippen LogP contribution < -0.4 is 0 Å². The van der Waals surface area contributed by atoms with Crippen molar-refractivity contribution in [3.05, 3.63) is 52.2 Å². The molecule has 0 aliphatic rings. The lowest BCUT2D eigenvalue weighted by atomic mass is 10.2. The second-order valence-corrected chi connectivity index (χ2v) is 5.43. The molecule has 0 radical (unpaired) electrons. The summed E-state index contributed by atoms with van der Waals surface area (Å²) in [5, 5.41) is 1.96. The number of ether oxygens (including phenoxy) is 1. The summed E-state index contributed by atoms with van der Waals surface area (Å²) in [6, 6.07) is 3.03. The van der Waals surface area contributed by atoms with Crippen molar-refractivity contribution < 1.29 is 18.7 Å². The Hall–Kier alpha value is -2.38. The van der Waals surface area contributed by atoms with Crippen molar-refractivity contribution >= 4 is 45.7 Å².